The van der Waals surface area contributed by atoms with Crippen LogP contribution in [0.2, 0.25) is 0 Å². The Morgan fingerprint density at radius 1 is 1.38 bits per heavy atom. The molecular formula is C19H26N4O4S2. The van der Waals surface area contributed by atoms with E-state index in [1.54, 1.807) is 18.2 Å². The number of hydrogen-bond donors (Lipinski definition) is 0. The number of nitrogens with zero attached hydrogens (tertiary/aromatic N) is 4. The van der Waals surface area contributed by atoms with Gasteiger partial charge in [-0.15, -0.1) is 0 Å². The maximum absolute atomic E-state index is 13.0. The summed E-state index contributed by atoms with van der Waals surface area (Å²) in [4.78, 5) is 4.88. The van der Waals surface area contributed by atoms with Gasteiger partial charge in [-0.1, -0.05) is 11.8 Å². The molecule has 0 aliphatic carbocycles. The van der Waals surface area contributed by atoms with Crippen LogP contribution >= 0.6 is 11.8 Å². The highest BCUT2D eigenvalue weighted by Gasteiger charge is 2.27. The first-order chi connectivity index (χ1) is 14.0. The predicted octanol–water partition coefficient (Wildman–Crippen LogP) is 2.49. The molecule has 10 heteroatoms. The van der Waals surface area contributed by atoms with E-state index in [0.29, 0.717) is 56.7 Å². The number of imidazole rings is 1. The number of morpholine rings is 1. The lowest BCUT2D eigenvalue weighted by Gasteiger charge is -2.26. The van der Waals surface area contributed by atoms with Crippen molar-refractivity contribution in [2.75, 3.05) is 39.5 Å². The topological polar surface area (TPSA) is 97.4 Å². The highest BCUT2D eigenvalue weighted by molar-refractivity contribution is 8.00. The third-order valence-corrected chi connectivity index (χ3v) is 7.51. The van der Waals surface area contributed by atoms with Gasteiger partial charge in [0.1, 0.15) is 0 Å². The molecule has 1 fully saturated rings. The van der Waals surface area contributed by atoms with Gasteiger partial charge in [0.15, 0.2) is 5.16 Å². The third kappa shape index (κ3) is 5.10. The fraction of sp³-hybridized carbons (Fsp3) is 0.579. The van der Waals surface area contributed by atoms with Gasteiger partial charge in [-0.2, -0.15) is 9.57 Å². The molecule has 0 amide bonds. The van der Waals surface area contributed by atoms with E-state index in [-0.39, 0.29) is 10.1 Å². The summed E-state index contributed by atoms with van der Waals surface area (Å²) in [7, 11) is -3.58. The van der Waals surface area contributed by atoms with Crippen molar-refractivity contribution in [3.05, 3.63) is 18.2 Å². The van der Waals surface area contributed by atoms with Crippen molar-refractivity contribution in [1.82, 2.24) is 13.9 Å². The molecule has 1 aliphatic heterocycles. The SMILES string of the molecule is CCOCCCn1c(SC(C)C#N)nc2cc(S(=O)(=O)N3CCOCC3)ccc21. The van der Waals surface area contributed by atoms with E-state index in [9.17, 15) is 13.7 Å². The van der Waals surface area contributed by atoms with E-state index in [1.807, 2.05) is 18.4 Å². The Kier molecular flexibility index (Phi) is 7.54. The average molecular weight is 439 g/mol. The molecule has 0 spiro atoms. The van der Waals surface area contributed by atoms with E-state index in [4.69, 9.17) is 9.47 Å². The van der Waals surface area contributed by atoms with Crippen molar-refractivity contribution >= 4 is 32.8 Å². The molecule has 0 N–H and O–H groups in total. The van der Waals surface area contributed by atoms with Crippen molar-refractivity contribution < 1.29 is 17.9 Å². The Hall–Kier alpha value is -1.64. The predicted molar refractivity (Wildman–Crippen MR) is 111 cm³/mol. The lowest BCUT2D eigenvalue weighted by molar-refractivity contribution is 0.0730. The van der Waals surface area contributed by atoms with Crippen molar-refractivity contribution in [3.63, 3.8) is 0 Å². The maximum Gasteiger partial charge on any atom is 0.243 e. The van der Waals surface area contributed by atoms with Crippen LogP contribution in [0.4, 0.5) is 0 Å². The minimum Gasteiger partial charge on any atom is -0.382 e. The minimum absolute atomic E-state index is 0.232. The van der Waals surface area contributed by atoms with Crippen LogP contribution < -0.4 is 0 Å². The molecule has 1 aromatic heterocycles. The van der Waals surface area contributed by atoms with E-state index in [0.717, 1.165) is 11.9 Å². The Labute approximate surface area is 175 Å². The molecule has 1 atom stereocenters. The molecular weight excluding hydrogens is 412 g/mol. The van der Waals surface area contributed by atoms with Gasteiger partial charge in [0.2, 0.25) is 10.0 Å². The molecule has 3 rings (SSSR count). The third-order valence-electron chi connectivity index (χ3n) is 4.63. The number of rotatable bonds is 9. The van der Waals surface area contributed by atoms with Crippen molar-refractivity contribution in [2.45, 2.75) is 42.1 Å². The van der Waals surface area contributed by atoms with Gasteiger partial charge >= 0.3 is 0 Å². The summed E-state index contributed by atoms with van der Waals surface area (Å²) >= 11 is 1.37. The van der Waals surface area contributed by atoms with Gasteiger partial charge in [-0.05, 0) is 38.5 Å². The molecule has 29 heavy (non-hydrogen) atoms. The number of aryl methyl sites for hydroxylation is 1. The lowest BCUT2D eigenvalue weighted by atomic mass is 10.3. The second-order valence-corrected chi connectivity index (χ2v) is 9.90. The van der Waals surface area contributed by atoms with Gasteiger partial charge in [0.25, 0.3) is 0 Å². The molecule has 1 unspecified atom stereocenters. The van der Waals surface area contributed by atoms with E-state index >= 15 is 0 Å². The van der Waals surface area contributed by atoms with Crippen LogP contribution in [0.1, 0.15) is 20.3 Å². The van der Waals surface area contributed by atoms with Gasteiger partial charge in [-0.3, -0.25) is 0 Å². The number of aromatic nitrogens is 2. The van der Waals surface area contributed by atoms with Crippen molar-refractivity contribution in [3.8, 4) is 6.07 Å². The lowest BCUT2D eigenvalue weighted by Crippen LogP contribution is -2.40. The second kappa shape index (κ2) is 9.91. The summed E-state index contributed by atoms with van der Waals surface area (Å²) in [6, 6.07) is 7.27. The van der Waals surface area contributed by atoms with Crippen molar-refractivity contribution in [1.29, 1.82) is 5.26 Å². The number of hydrogen-bond acceptors (Lipinski definition) is 7. The fourth-order valence-corrected chi connectivity index (χ4v) is 5.41. The smallest absolute Gasteiger partial charge is 0.243 e. The monoisotopic (exact) mass is 438 g/mol. The number of sulfonamides is 1. The molecule has 8 nitrogen and oxygen atoms in total. The molecule has 2 heterocycles. The van der Waals surface area contributed by atoms with Crippen LogP contribution in [0.5, 0.6) is 0 Å². The van der Waals surface area contributed by atoms with Crippen LogP contribution in [0, 0.1) is 11.3 Å². The zero-order chi connectivity index (χ0) is 20.9. The van der Waals surface area contributed by atoms with Gasteiger partial charge in [0.05, 0.1) is 40.5 Å². The molecule has 0 saturated carbocycles. The minimum atomic E-state index is -3.58. The number of fused-ring (bicyclic) bond motifs is 1. The first kappa shape index (κ1) is 22.1. The first-order valence-corrected chi connectivity index (χ1v) is 12.0. The average Bonchev–Trinajstić information content (AvgIpc) is 3.07. The molecule has 1 aromatic carbocycles. The maximum atomic E-state index is 13.0. The molecule has 1 saturated heterocycles. The largest absolute Gasteiger partial charge is 0.382 e. The van der Waals surface area contributed by atoms with E-state index in [1.165, 1.54) is 16.1 Å². The van der Waals surface area contributed by atoms with Crippen LogP contribution in [0.15, 0.2) is 28.3 Å². The van der Waals surface area contributed by atoms with Gasteiger partial charge in [0, 0.05) is 32.8 Å². The highest BCUT2D eigenvalue weighted by Crippen LogP contribution is 2.29. The summed E-state index contributed by atoms with van der Waals surface area (Å²) in [6.45, 7) is 7.29. The molecule has 0 bridgehead atoms. The van der Waals surface area contributed by atoms with Gasteiger partial charge < -0.3 is 14.0 Å². The summed E-state index contributed by atoms with van der Waals surface area (Å²) in [5, 5.41) is 9.64. The summed E-state index contributed by atoms with van der Waals surface area (Å²) < 4.78 is 40.1. The highest BCUT2D eigenvalue weighted by atomic mass is 32.2. The zero-order valence-corrected chi connectivity index (χ0v) is 18.3. The quantitative estimate of drug-likeness (QED) is 0.438. The van der Waals surface area contributed by atoms with Crippen LogP contribution in [-0.4, -0.2) is 67.0 Å². The van der Waals surface area contributed by atoms with Crippen LogP contribution in [0.25, 0.3) is 11.0 Å². The Bertz CT molecular complexity index is 978. The molecule has 1 aliphatic rings. The number of nitriles is 1. The summed E-state index contributed by atoms with van der Waals surface area (Å²) in [5.41, 5.74) is 1.47. The van der Waals surface area contributed by atoms with E-state index in [2.05, 4.69) is 11.1 Å². The Morgan fingerprint density at radius 2 is 2.14 bits per heavy atom. The Morgan fingerprint density at radius 3 is 2.83 bits per heavy atom. The fourth-order valence-electron chi connectivity index (χ4n) is 3.14. The normalized spacial score (nSPS) is 16.7. The molecule has 0 radical (unpaired) electrons. The zero-order valence-electron chi connectivity index (χ0n) is 16.7. The van der Waals surface area contributed by atoms with Crippen molar-refractivity contribution in [2.24, 2.45) is 0 Å². The van der Waals surface area contributed by atoms with Crippen LogP contribution in [-0.2, 0) is 26.0 Å². The second-order valence-electron chi connectivity index (χ2n) is 6.65. The summed E-state index contributed by atoms with van der Waals surface area (Å²) in [5.74, 6) is 0. The summed E-state index contributed by atoms with van der Waals surface area (Å²) in [6.07, 6.45) is 0.807. The van der Waals surface area contributed by atoms with E-state index < -0.39 is 10.0 Å². The number of ether oxygens (including phenoxy) is 2. The standard InChI is InChI=1S/C19H26N4O4S2/c1-3-26-10-4-7-23-18-6-5-16(29(24,25)22-8-11-27-12-9-22)13-17(18)21-19(23)28-15(2)14-20/h5-6,13,15H,3-4,7-12H2,1-2H3. The molecule has 2 aromatic rings. The first-order valence-electron chi connectivity index (χ1n) is 9.69. The van der Waals surface area contributed by atoms with Gasteiger partial charge in [-0.25, -0.2) is 13.4 Å². The number of thioether (sulfide) groups is 1. The number of benzene rings is 1. The Balaban J connectivity index is 1.94. The molecule has 158 valence electrons. The van der Waals surface area contributed by atoms with Crippen LogP contribution in [0.3, 0.4) is 0 Å².